The number of nitrogens with zero attached hydrogens (tertiary/aromatic N) is 1. The van der Waals surface area contributed by atoms with Crippen molar-refractivity contribution in [3.8, 4) is 0 Å². The highest BCUT2D eigenvalue weighted by Crippen LogP contribution is 2.16. The van der Waals surface area contributed by atoms with E-state index in [9.17, 15) is 13.2 Å². The van der Waals surface area contributed by atoms with Crippen molar-refractivity contribution in [3.63, 3.8) is 0 Å². The molecule has 0 saturated carbocycles. The van der Waals surface area contributed by atoms with Crippen LogP contribution in [-0.4, -0.2) is 32.3 Å². The number of sulfonamides is 1. The number of carbonyl (C=O) groups is 1. The van der Waals surface area contributed by atoms with Crippen LogP contribution in [0.1, 0.15) is 31.0 Å². The molecule has 0 aliphatic heterocycles. The third-order valence-electron chi connectivity index (χ3n) is 4.38. The Hall–Kier alpha value is -2.22. The zero-order valence-corrected chi connectivity index (χ0v) is 16.0. The van der Waals surface area contributed by atoms with Gasteiger partial charge in [-0.1, -0.05) is 42.5 Å². The summed E-state index contributed by atoms with van der Waals surface area (Å²) in [7, 11) is -1.81. The molecule has 2 rings (SSSR count). The first kappa shape index (κ1) is 20.1. The SMILES string of the molecule is C[C@H](C(=O)N[C@H](C)c1ccc(S(N)(=O)=O)cc1)N(C)Cc1ccccc1. The van der Waals surface area contributed by atoms with E-state index < -0.39 is 10.0 Å². The van der Waals surface area contributed by atoms with Crippen molar-refractivity contribution < 1.29 is 13.2 Å². The first-order valence-electron chi connectivity index (χ1n) is 8.36. The minimum atomic E-state index is -3.72. The minimum Gasteiger partial charge on any atom is -0.348 e. The fraction of sp³-hybridized carbons (Fsp3) is 0.316. The van der Waals surface area contributed by atoms with Gasteiger partial charge in [-0.3, -0.25) is 9.69 Å². The molecule has 2 atom stereocenters. The summed E-state index contributed by atoms with van der Waals surface area (Å²) in [5.41, 5.74) is 1.95. The van der Waals surface area contributed by atoms with Gasteiger partial charge in [0.1, 0.15) is 0 Å². The Morgan fingerprint density at radius 3 is 2.19 bits per heavy atom. The number of nitrogens with two attached hydrogens (primary N) is 1. The van der Waals surface area contributed by atoms with E-state index in [0.717, 1.165) is 11.1 Å². The highest BCUT2D eigenvalue weighted by atomic mass is 32.2. The molecule has 0 fully saturated rings. The van der Waals surface area contributed by atoms with Gasteiger partial charge in [-0.05, 0) is 44.2 Å². The Labute approximate surface area is 155 Å². The smallest absolute Gasteiger partial charge is 0.238 e. The summed E-state index contributed by atoms with van der Waals surface area (Å²) in [6.45, 7) is 4.38. The number of nitrogens with one attached hydrogen (secondary N) is 1. The van der Waals surface area contributed by atoms with E-state index in [0.29, 0.717) is 6.54 Å². The summed E-state index contributed by atoms with van der Waals surface area (Å²) in [5.74, 6) is -0.0912. The second-order valence-corrected chi connectivity index (χ2v) is 7.98. The van der Waals surface area contributed by atoms with Gasteiger partial charge in [0.2, 0.25) is 15.9 Å². The maximum atomic E-state index is 12.5. The van der Waals surface area contributed by atoms with Gasteiger partial charge in [0, 0.05) is 6.54 Å². The van der Waals surface area contributed by atoms with Crippen LogP contribution in [0.25, 0.3) is 0 Å². The molecule has 6 nitrogen and oxygen atoms in total. The van der Waals surface area contributed by atoms with Gasteiger partial charge in [0.15, 0.2) is 0 Å². The molecule has 1 amide bonds. The topological polar surface area (TPSA) is 92.5 Å². The predicted octanol–water partition coefficient (Wildman–Crippen LogP) is 2.03. The standard InChI is InChI=1S/C19H25N3O3S/c1-14(17-9-11-18(12-10-17)26(20,24)25)21-19(23)15(2)22(3)13-16-7-5-4-6-8-16/h4-12,14-15H,13H2,1-3H3,(H,21,23)(H2,20,24,25)/t14-,15-/m1/s1. The van der Waals surface area contributed by atoms with E-state index in [1.807, 2.05) is 56.1 Å². The van der Waals surface area contributed by atoms with Crippen LogP contribution in [0.3, 0.4) is 0 Å². The molecular weight excluding hydrogens is 350 g/mol. The lowest BCUT2D eigenvalue weighted by atomic mass is 10.1. The number of amides is 1. The van der Waals surface area contributed by atoms with Crippen LogP contribution in [0.2, 0.25) is 0 Å². The Morgan fingerprint density at radius 2 is 1.65 bits per heavy atom. The Balaban J connectivity index is 1.97. The summed E-state index contributed by atoms with van der Waals surface area (Å²) >= 11 is 0. The molecule has 0 aromatic heterocycles. The normalized spacial score (nSPS) is 14.0. The number of primary sulfonamides is 1. The van der Waals surface area contributed by atoms with E-state index in [2.05, 4.69) is 5.32 Å². The second kappa shape index (κ2) is 8.44. The zero-order chi connectivity index (χ0) is 19.3. The Kier molecular flexibility index (Phi) is 6.52. The van der Waals surface area contributed by atoms with Crippen molar-refractivity contribution in [3.05, 3.63) is 65.7 Å². The van der Waals surface area contributed by atoms with Crippen molar-refractivity contribution in [2.75, 3.05) is 7.05 Å². The number of hydrogen-bond donors (Lipinski definition) is 2. The van der Waals surface area contributed by atoms with Crippen molar-refractivity contribution in [1.82, 2.24) is 10.2 Å². The van der Waals surface area contributed by atoms with Crippen molar-refractivity contribution in [2.24, 2.45) is 5.14 Å². The first-order chi connectivity index (χ1) is 12.2. The van der Waals surface area contributed by atoms with Crippen LogP contribution in [0.5, 0.6) is 0 Å². The number of benzene rings is 2. The molecule has 0 heterocycles. The third-order valence-corrected chi connectivity index (χ3v) is 5.31. The molecule has 140 valence electrons. The van der Waals surface area contributed by atoms with E-state index in [4.69, 9.17) is 5.14 Å². The zero-order valence-electron chi connectivity index (χ0n) is 15.2. The average Bonchev–Trinajstić information content (AvgIpc) is 2.61. The molecule has 0 saturated heterocycles. The van der Waals surface area contributed by atoms with Gasteiger partial charge in [0.05, 0.1) is 17.0 Å². The maximum Gasteiger partial charge on any atom is 0.238 e. The molecule has 0 aliphatic carbocycles. The monoisotopic (exact) mass is 375 g/mol. The van der Waals surface area contributed by atoms with Gasteiger partial charge < -0.3 is 5.32 Å². The van der Waals surface area contributed by atoms with Crippen LogP contribution >= 0.6 is 0 Å². The maximum absolute atomic E-state index is 12.5. The van der Waals surface area contributed by atoms with Crippen molar-refractivity contribution in [2.45, 2.75) is 37.4 Å². The first-order valence-corrected chi connectivity index (χ1v) is 9.90. The minimum absolute atomic E-state index is 0.0516. The molecule has 3 N–H and O–H groups in total. The third kappa shape index (κ3) is 5.39. The summed E-state index contributed by atoms with van der Waals surface area (Å²) in [5, 5.41) is 8.06. The summed E-state index contributed by atoms with van der Waals surface area (Å²) < 4.78 is 22.6. The lowest BCUT2D eigenvalue weighted by Crippen LogP contribution is -2.43. The van der Waals surface area contributed by atoms with Gasteiger partial charge in [-0.15, -0.1) is 0 Å². The fourth-order valence-electron chi connectivity index (χ4n) is 2.57. The summed E-state index contributed by atoms with van der Waals surface area (Å²) in [6.07, 6.45) is 0. The predicted molar refractivity (Wildman–Crippen MR) is 102 cm³/mol. The summed E-state index contributed by atoms with van der Waals surface area (Å²) in [4.78, 5) is 14.5. The molecule has 7 heteroatoms. The van der Waals surface area contributed by atoms with Crippen molar-refractivity contribution in [1.29, 1.82) is 0 Å². The quantitative estimate of drug-likeness (QED) is 0.774. The van der Waals surface area contributed by atoms with E-state index in [-0.39, 0.29) is 22.9 Å². The second-order valence-electron chi connectivity index (χ2n) is 6.42. The van der Waals surface area contributed by atoms with Crippen LogP contribution in [0.15, 0.2) is 59.5 Å². The Bertz CT molecular complexity index is 836. The van der Waals surface area contributed by atoms with Crippen molar-refractivity contribution >= 4 is 15.9 Å². The largest absolute Gasteiger partial charge is 0.348 e. The number of rotatable bonds is 7. The molecule has 0 unspecified atom stereocenters. The summed E-state index contributed by atoms with van der Waals surface area (Å²) in [6, 6.07) is 15.6. The van der Waals surface area contributed by atoms with Crippen LogP contribution in [0.4, 0.5) is 0 Å². The molecule has 26 heavy (non-hydrogen) atoms. The molecule has 0 radical (unpaired) electrons. The molecular formula is C19H25N3O3S. The van der Waals surface area contributed by atoms with Crippen LogP contribution in [0, 0.1) is 0 Å². The fourth-order valence-corrected chi connectivity index (χ4v) is 3.09. The molecule has 2 aromatic carbocycles. The average molecular weight is 375 g/mol. The molecule has 0 bridgehead atoms. The number of hydrogen-bond acceptors (Lipinski definition) is 4. The van der Waals surface area contributed by atoms with Gasteiger partial charge in [0.25, 0.3) is 0 Å². The lowest BCUT2D eigenvalue weighted by molar-refractivity contribution is -0.126. The van der Waals surface area contributed by atoms with E-state index >= 15 is 0 Å². The van der Waals surface area contributed by atoms with E-state index in [1.54, 1.807) is 12.1 Å². The van der Waals surface area contributed by atoms with E-state index in [1.165, 1.54) is 12.1 Å². The van der Waals surface area contributed by atoms with Gasteiger partial charge >= 0.3 is 0 Å². The molecule has 0 spiro atoms. The van der Waals surface area contributed by atoms with Crippen LogP contribution < -0.4 is 10.5 Å². The number of likely N-dealkylation sites (N-methyl/N-ethyl adjacent to an activating group) is 1. The van der Waals surface area contributed by atoms with Gasteiger partial charge in [-0.2, -0.15) is 0 Å². The Morgan fingerprint density at radius 1 is 1.08 bits per heavy atom. The molecule has 0 aliphatic rings. The number of carbonyl (C=O) groups excluding carboxylic acids is 1. The van der Waals surface area contributed by atoms with Crippen LogP contribution in [-0.2, 0) is 21.4 Å². The molecule has 2 aromatic rings. The lowest BCUT2D eigenvalue weighted by Gasteiger charge is -2.25. The highest BCUT2D eigenvalue weighted by Gasteiger charge is 2.20. The highest BCUT2D eigenvalue weighted by molar-refractivity contribution is 7.89. The van der Waals surface area contributed by atoms with Gasteiger partial charge in [-0.25, -0.2) is 13.6 Å².